The molecule has 128 valence electrons. The first-order valence-corrected chi connectivity index (χ1v) is 8.73. The van der Waals surface area contributed by atoms with Crippen LogP contribution in [0, 0.1) is 5.92 Å². The molecule has 1 saturated heterocycles. The molecule has 2 N–H and O–H groups in total. The van der Waals surface area contributed by atoms with E-state index in [0.29, 0.717) is 24.8 Å². The first-order valence-electron chi connectivity index (χ1n) is 8.73. The van der Waals surface area contributed by atoms with E-state index < -0.39 is 0 Å². The Labute approximate surface area is 137 Å². The monoisotopic (exact) mass is 321 g/mol. The molecule has 0 radical (unpaired) electrons. The summed E-state index contributed by atoms with van der Waals surface area (Å²) in [4.78, 5) is 21.0. The number of carbonyl (C=O) groups is 1. The maximum Gasteiger partial charge on any atom is 0.226 e. The lowest BCUT2D eigenvalue weighted by Gasteiger charge is -2.34. The predicted molar refractivity (Wildman–Crippen MR) is 85.5 cm³/mol. The Bertz CT molecular complexity index is 524. The molecule has 1 aliphatic heterocycles. The molecule has 7 heteroatoms. The van der Waals surface area contributed by atoms with Crippen molar-refractivity contribution < 1.29 is 9.32 Å². The van der Waals surface area contributed by atoms with Crippen LogP contribution in [0.25, 0.3) is 0 Å². The van der Waals surface area contributed by atoms with E-state index in [2.05, 4.69) is 15.0 Å². The molecule has 0 bridgehead atoms. The van der Waals surface area contributed by atoms with Crippen molar-refractivity contribution >= 4 is 5.91 Å². The second-order valence-electron chi connectivity index (χ2n) is 6.67. The zero-order valence-electron chi connectivity index (χ0n) is 13.9. The number of hydrogen-bond acceptors (Lipinski definition) is 6. The van der Waals surface area contributed by atoms with E-state index in [0.717, 1.165) is 57.7 Å². The van der Waals surface area contributed by atoms with Crippen LogP contribution in [-0.2, 0) is 17.8 Å². The van der Waals surface area contributed by atoms with E-state index in [1.165, 1.54) is 0 Å². The molecule has 2 atom stereocenters. The van der Waals surface area contributed by atoms with E-state index in [1.807, 2.05) is 11.8 Å². The summed E-state index contributed by atoms with van der Waals surface area (Å²) in [6, 6.07) is 0.214. The largest absolute Gasteiger partial charge is 0.340 e. The molecule has 1 amide bonds. The molecule has 1 aliphatic carbocycles. The first-order chi connectivity index (χ1) is 11.2. The summed E-state index contributed by atoms with van der Waals surface area (Å²) in [6.45, 7) is 5.96. The van der Waals surface area contributed by atoms with Gasteiger partial charge in [0.15, 0.2) is 5.82 Å². The summed E-state index contributed by atoms with van der Waals surface area (Å²) < 4.78 is 5.13. The van der Waals surface area contributed by atoms with E-state index in [-0.39, 0.29) is 11.9 Å². The van der Waals surface area contributed by atoms with E-state index in [9.17, 15) is 4.79 Å². The van der Waals surface area contributed by atoms with Crippen LogP contribution < -0.4 is 5.73 Å². The van der Waals surface area contributed by atoms with Crippen molar-refractivity contribution in [2.45, 2.75) is 51.6 Å². The van der Waals surface area contributed by atoms with Gasteiger partial charge in [-0.2, -0.15) is 4.98 Å². The Morgan fingerprint density at radius 1 is 1.30 bits per heavy atom. The molecule has 2 fully saturated rings. The Hall–Kier alpha value is -1.47. The highest BCUT2D eigenvalue weighted by Crippen LogP contribution is 2.27. The van der Waals surface area contributed by atoms with Gasteiger partial charge in [-0.1, -0.05) is 18.5 Å². The van der Waals surface area contributed by atoms with Gasteiger partial charge < -0.3 is 15.2 Å². The molecular formula is C16H27N5O2. The highest BCUT2D eigenvalue weighted by molar-refractivity contribution is 5.76. The van der Waals surface area contributed by atoms with Crippen LogP contribution in [0.15, 0.2) is 4.52 Å². The maximum absolute atomic E-state index is 12.4. The Kier molecular flexibility index (Phi) is 5.27. The normalized spacial score (nSPS) is 25.9. The van der Waals surface area contributed by atoms with Gasteiger partial charge in [-0.3, -0.25) is 9.69 Å². The minimum atomic E-state index is 0.214. The first kappa shape index (κ1) is 16.4. The van der Waals surface area contributed by atoms with Crippen molar-refractivity contribution in [1.29, 1.82) is 0 Å². The average molecular weight is 321 g/mol. The standard InChI is InChI=1S/C16H27N5O2/c1-2-15-18-14(19-23-15)11-20-6-8-21(9-7-20)16(22)10-12-4-3-5-13(12)17/h12-13H,2-11,17H2,1H3/t12-,13+/m0/s1. The zero-order valence-corrected chi connectivity index (χ0v) is 13.9. The number of nitrogens with two attached hydrogens (primary N) is 1. The molecule has 1 aromatic rings. The van der Waals surface area contributed by atoms with E-state index >= 15 is 0 Å². The Morgan fingerprint density at radius 2 is 2.09 bits per heavy atom. The number of carbonyl (C=O) groups excluding carboxylic acids is 1. The summed E-state index contributed by atoms with van der Waals surface area (Å²) in [5, 5.41) is 3.99. The minimum Gasteiger partial charge on any atom is -0.340 e. The Balaban J connectivity index is 1.43. The van der Waals surface area contributed by atoms with Crippen LogP contribution in [0.5, 0.6) is 0 Å². The van der Waals surface area contributed by atoms with Crippen LogP contribution in [0.2, 0.25) is 0 Å². The fourth-order valence-electron chi connectivity index (χ4n) is 3.53. The van der Waals surface area contributed by atoms with Crippen molar-refractivity contribution in [2.75, 3.05) is 26.2 Å². The van der Waals surface area contributed by atoms with Crippen molar-refractivity contribution in [3.63, 3.8) is 0 Å². The molecule has 0 aromatic carbocycles. The van der Waals surface area contributed by atoms with Crippen LogP contribution in [0.1, 0.15) is 44.3 Å². The Morgan fingerprint density at radius 3 is 2.70 bits per heavy atom. The number of nitrogens with zero attached hydrogens (tertiary/aromatic N) is 4. The molecule has 23 heavy (non-hydrogen) atoms. The quantitative estimate of drug-likeness (QED) is 0.863. The highest BCUT2D eigenvalue weighted by Gasteiger charge is 2.29. The van der Waals surface area contributed by atoms with Crippen molar-refractivity contribution in [3.8, 4) is 0 Å². The molecular weight excluding hydrogens is 294 g/mol. The van der Waals surface area contributed by atoms with Gasteiger partial charge in [-0.15, -0.1) is 0 Å². The molecule has 3 rings (SSSR count). The average Bonchev–Trinajstić information content (AvgIpc) is 3.17. The van der Waals surface area contributed by atoms with E-state index in [1.54, 1.807) is 0 Å². The molecule has 2 aliphatic rings. The zero-order chi connectivity index (χ0) is 16.2. The van der Waals surface area contributed by atoms with Gasteiger partial charge in [0.25, 0.3) is 0 Å². The van der Waals surface area contributed by atoms with Gasteiger partial charge in [0.1, 0.15) is 0 Å². The second-order valence-corrected chi connectivity index (χ2v) is 6.67. The lowest BCUT2D eigenvalue weighted by atomic mass is 9.99. The van der Waals surface area contributed by atoms with Gasteiger partial charge in [0.2, 0.25) is 11.8 Å². The SMILES string of the molecule is CCc1nc(CN2CCN(C(=O)C[C@@H]3CCC[C@H]3N)CC2)no1. The van der Waals surface area contributed by atoms with Crippen LogP contribution in [0.4, 0.5) is 0 Å². The summed E-state index contributed by atoms with van der Waals surface area (Å²) >= 11 is 0. The topological polar surface area (TPSA) is 88.5 Å². The number of amides is 1. The number of hydrogen-bond donors (Lipinski definition) is 1. The number of piperazine rings is 1. The number of aryl methyl sites for hydroxylation is 1. The third-order valence-corrected chi connectivity index (χ3v) is 5.06. The van der Waals surface area contributed by atoms with Crippen molar-refractivity contribution in [2.24, 2.45) is 11.7 Å². The third-order valence-electron chi connectivity index (χ3n) is 5.06. The van der Waals surface area contributed by atoms with E-state index in [4.69, 9.17) is 10.3 Å². The fraction of sp³-hybridized carbons (Fsp3) is 0.812. The van der Waals surface area contributed by atoms with Gasteiger partial charge in [-0.25, -0.2) is 0 Å². The molecule has 2 heterocycles. The molecule has 0 unspecified atom stereocenters. The van der Waals surface area contributed by atoms with Gasteiger partial charge in [-0.05, 0) is 18.8 Å². The lowest BCUT2D eigenvalue weighted by molar-refractivity contribution is -0.134. The molecule has 7 nitrogen and oxygen atoms in total. The van der Waals surface area contributed by atoms with Crippen molar-refractivity contribution in [1.82, 2.24) is 19.9 Å². The smallest absolute Gasteiger partial charge is 0.226 e. The summed E-state index contributed by atoms with van der Waals surface area (Å²) in [5.41, 5.74) is 6.08. The second kappa shape index (κ2) is 7.40. The van der Waals surface area contributed by atoms with Crippen LogP contribution in [-0.4, -0.2) is 58.1 Å². The van der Waals surface area contributed by atoms with Crippen LogP contribution in [0.3, 0.4) is 0 Å². The van der Waals surface area contributed by atoms with Gasteiger partial charge >= 0.3 is 0 Å². The van der Waals surface area contributed by atoms with Gasteiger partial charge in [0.05, 0.1) is 6.54 Å². The minimum absolute atomic E-state index is 0.214. The third kappa shape index (κ3) is 4.09. The molecule has 0 spiro atoms. The fourth-order valence-corrected chi connectivity index (χ4v) is 3.53. The summed E-state index contributed by atoms with van der Waals surface area (Å²) in [7, 11) is 0. The highest BCUT2D eigenvalue weighted by atomic mass is 16.5. The summed E-state index contributed by atoms with van der Waals surface area (Å²) in [6.07, 6.45) is 4.71. The number of aromatic nitrogens is 2. The maximum atomic E-state index is 12.4. The predicted octanol–water partition coefficient (Wildman–Crippen LogP) is 0.794. The molecule has 1 saturated carbocycles. The lowest BCUT2D eigenvalue weighted by Crippen LogP contribution is -2.49. The van der Waals surface area contributed by atoms with Crippen LogP contribution >= 0.6 is 0 Å². The number of rotatable bonds is 5. The summed E-state index contributed by atoms with van der Waals surface area (Å²) in [5.74, 6) is 2.06. The van der Waals surface area contributed by atoms with Gasteiger partial charge in [0, 0.05) is 45.1 Å². The molecule has 1 aromatic heterocycles. The van der Waals surface area contributed by atoms with Crippen molar-refractivity contribution in [3.05, 3.63) is 11.7 Å².